The molecule has 90 valence electrons. The van der Waals surface area contributed by atoms with Gasteiger partial charge in [0.15, 0.2) is 0 Å². The Morgan fingerprint density at radius 2 is 2.41 bits per heavy atom. The number of imidazole rings is 1. The van der Waals surface area contributed by atoms with Crippen LogP contribution >= 0.6 is 23.4 Å². The molecule has 1 aliphatic rings. The van der Waals surface area contributed by atoms with E-state index in [1.54, 1.807) is 0 Å². The number of nitrogens with zero attached hydrogens (tertiary/aromatic N) is 2. The minimum Gasteiger partial charge on any atom is -0.302 e. The van der Waals surface area contributed by atoms with Gasteiger partial charge in [0.2, 0.25) is 0 Å². The van der Waals surface area contributed by atoms with Crippen LogP contribution in [0.5, 0.6) is 0 Å². The summed E-state index contributed by atoms with van der Waals surface area (Å²) in [5.41, 5.74) is 1.02. The van der Waals surface area contributed by atoms with Crippen LogP contribution in [-0.4, -0.2) is 20.4 Å². The van der Waals surface area contributed by atoms with Crippen molar-refractivity contribution in [2.45, 2.75) is 30.9 Å². The van der Waals surface area contributed by atoms with Gasteiger partial charge in [0.25, 0.3) is 0 Å². The first kappa shape index (κ1) is 11.4. The molecular formula is C13H15ClN2S. The van der Waals surface area contributed by atoms with Gasteiger partial charge in [-0.1, -0.05) is 18.0 Å². The van der Waals surface area contributed by atoms with Crippen LogP contribution in [0.15, 0.2) is 24.5 Å². The van der Waals surface area contributed by atoms with Gasteiger partial charge in [-0.05, 0) is 30.7 Å². The monoisotopic (exact) mass is 266 g/mol. The Balaban J connectivity index is 1.87. The van der Waals surface area contributed by atoms with E-state index in [-0.39, 0.29) is 0 Å². The lowest BCUT2D eigenvalue weighted by Gasteiger charge is -2.20. The number of rotatable bonds is 2. The molecule has 1 saturated heterocycles. The Labute approximate surface area is 110 Å². The topological polar surface area (TPSA) is 17.3 Å². The van der Waals surface area contributed by atoms with Crippen molar-refractivity contribution in [1.82, 2.24) is 9.38 Å². The van der Waals surface area contributed by atoms with E-state index in [1.165, 1.54) is 25.0 Å². The maximum atomic E-state index is 6.15. The summed E-state index contributed by atoms with van der Waals surface area (Å²) in [6.07, 6.45) is 9.04. The van der Waals surface area contributed by atoms with Gasteiger partial charge in [-0.3, -0.25) is 0 Å². The maximum Gasteiger partial charge on any atom is 0.114 e. The zero-order chi connectivity index (χ0) is 11.7. The van der Waals surface area contributed by atoms with Crippen LogP contribution in [-0.2, 0) is 6.42 Å². The van der Waals surface area contributed by atoms with Crippen molar-refractivity contribution in [3.63, 3.8) is 0 Å². The smallest absolute Gasteiger partial charge is 0.114 e. The van der Waals surface area contributed by atoms with Gasteiger partial charge in [0, 0.05) is 17.9 Å². The molecule has 0 aromatic carbocycles. The van der Waals surface area contributed by atoms with Crippen LogP contribution < -0.4 is 0 Å². The van der Waals surface area contributed by atoms with Crippen molar-refractivity contribution in [2.75, 3.05) is 5.75 Å². The van der Waals surface area contributed by atoms with Crippen molar-refractivity contribution < 1.29 is 0 Å². The molecule has 0 N–H and O–H groups in total. The van der Waals surface area contributed by atoms with Gasteiger partial charge in [-0.2, -0.15) is 11.8 Å². The lowest BCUT2D eigenvalue weighted by molar-refractivity contribution is 0.646. The van der Waals surface area contributed by atoms with Gasteiger partial charge in [0.05, 0.1) is 16.7 Å². The number of hydrogen-bond acceptors (Lipinski definition) is 2. The highest BCUT2D eigenvalue weighted by molar-refractivity contribution is 7.99. The molecular weight excluding hydrogens is 252 g/mol. The molecule has 1 atom stereocenters. The van der Waals surface area contributed by atoms with Crippen LogP contribution in [0.3, 0.4) is 0 Å². The van der Waals surface area contributed by atoms with Crippen LogP contribution in [0.25, 0.3) is 5.52 Å². The Morgan fingerprint density at radius 3 is 3.24 bits per heavy atom. The number of fused-ring (bicyclic) bond motifs is 1. The Hall–Kier alpha value is -0.670. The average molecular weight is 267 g/mol. The molecule has 1 aliphatic heterocycles. The van der Waals surface area contributed by atoms with Crippen molar-refractivity contribution >= 4 is 28.9 Å². The molecule has 17 heavy (non-hydrogen) atoms. The molecule has 2 aromatic heterocycles. The second kappa shape index (κ2) is 4.91. The second-order valence-corrected chi connectivity index (χ2v) is 6.29. The number of halogens is 1. The molecule has 0 amide bonds. The first-order valence-corrected chi connectivity index (χ1v) is 7.49. The first-order chi connectivity index (χ1) is 8.34. The van der Waals surface area contributed by atoms with E-state index >= 15 is 0 Å². The van der Waals surface area contributed by atoms with E-state index in [0.29, 0.717) is 0 Å². The largest absolute Gasteiger partial charge is 0.302 e. The lowest BCUT2D eigenvalue weighted by Crippen LogP contribution is -2.14. The third-order valence-electron chi connectivity index (χ3n) is 3.28. The highest BCUT2D eigenvalue weighted by Gasteiger charge is 2.17. The first-order valence-electron chi connectivity index (χ1n) is 6.06. The maximum absolute atomic E-state index is 6.15. The summed E-state index contributed by atoms with van der Waals surface area (Å²) in [5.74, 6) is 2.44. The number of thioether (sulfide) groups is 1. The number of pyridine rings is 1. The third kappa shape index (κ3) is 2.31. The summed E-state index contributed by atoms with van der Waals surface area (Å²) < 4.78 is 2.12. The van der Waals surface area contributed by atoms with E-state index in [0.717, 1.165) is 28.0 Å². The standard InChI is InChI=1S/C13H15ClN2S/c14-11-5-3-6-16-12(11)9-15-13(16)8-10-4-1-2-7-17-10/h3,5-6,9-10H,1-2,4,7-8H2. The molecule has 0 radical (unpaired) electrons. The van der Waals surface area contributed by atoms with Crippen LogP contribution in [0, 0.1) is 0 Å². The van der Waals surface area contributed by atoms with Crippen LogP contribution in [0.1, 0.15) is 25.1 Å². The Morgan fingerprint density at radius 1 is 1.47 bits per heavy atom. The van der Waals surface area contributed by atoms with E-state index in [2.05, 4.69) is 27.3 Å². The van der Waals surface area contributed by atoms with Gasteiger partial charge in [-0.15, -0.1) is 0 Å². The minimum atomic E-state index is 0.730. The molecule has 0 bridgehead atoms. The van der Waals surface area contributed by atoms with E-state index < -0.39 is 0 Å². The molecule has 0 saturated carbocycles. The molecule has 1 unspecified atom stereocenters. The second-order valence-electron chi connectivity index (χ2n) is 4.48. The molecule has 3 rings (SSSR count). The van der Waals surface area contributed by atoms with E-state index in [1.807, 2.05) is 18.3 Å². The molecule has 2 aromatic rings. The molecule has 1 fully saturated rings. The Bertz CT molecular complexity index is 517. The molecule has 0 aliphatic carbocycles. The molecule has 0 spiro atoms. The van der Waals surface area contributed by atoms with Gasteiger partial charge < -0.3 is 4.40 Å². The van der Waals surface area contributed by atoms with Crippen molar-refractivity contribution in [3.05, 3.63) is 35.4 Å². The fraction of sp³-hybridized carbons (Fsp3) is 0.462. The van der Waals surface area contributed by atoms with Gasteiger partial charge >= 0.3 is 0 Å². The highest BCUT2D eigenvalue weighted by Crippen LogP contribution is 2.28. The zero-order valence-electron chi connectivity index (χ0n) is 9.60. The molecule has 3 heterocycles. The molecule has 4 heteroatoms. The number of aromatic nitrogens is 2. The van der Waals surface area contributed by atoms with Crippen LogP contribution in [0.4, 0.5) is 0 Å². The SMILES string of the molecule is Clc1cccn2c(CC3CCCCS3)ncc12. The summed E-state index contributed by atoms with van der Waals surface area (Å²) in [6, 6.07) is 3.90. The predicted octanol–water partition coefficient (Wildman–Crippen LogP) is 3.82. The van der Waals surface area contributed by atoms with Crippen molar-refractivity contribution in [1.29, 1.82) is 0 Å². The van der Waals surface area contributed by atoms with Crippen LogP contribution in [0.2, 0.25) is 5.02 Å². The normalized spacial score (nSPS) is 20.9. The quantitative estimate of drug-likeness (QED) is 0.822. The van der Waals surface area contributed by atoms with Crippen molar-refractivity contribution in [3.8, 4) is 0 Å². The lowest BCUT2D eigenvalue weighted by atomic mass is 10.1. The summed E-state index contributed by atoms with van der Waals surface area (Å²) in [7, 11) is 0. The summed E-state index contributed by atoms with van der Waals surface area (Å²) in [6.45, 7) is 0. The number of hydrogen-bond donors (Lipinski definition) is 0. The van der Waals surface area contributed by atoms with Gasteiger partial charge in [0.1, 0.15) is 5.82 Å². The Kier molecular flexibility index (Phi) is 3.30. The summed E-state index contributed by atoms with van der Waals surface area (Å²) in [5, 5.41) is 1.51. The van der Waals surface area contributed by atoms with Gasteiger partial charge in [-0.25, -0.2) is 4.98 Å². The fourth-order valence-corrected chi connectivity index (χ4v) is 3.88. The fourth-order valence-electron chi connectivity index (χ4n) is 2.36. The van der Waals surface area contributed by atoms with E-state index in [4.69, 9.17) is 11.6 Å². The molecule has 2 nitrogen and oxygen atoms in total. The predicted molar refractivity (Wildman–Crippen MR) is 74.0 cm³/mol. The van der Waals surface area contributed by atoms with E-state index in [9.17, 15) is 0 Å². The summed E-state index contributed by atoms with van der Waals surface area (Å²) >= 11 is 8.23. The third-order valence-corrected chi connectivity index (χ3v) is 5.00. The van der Waals surface area contributed by atoms with Crippen molar-refractivity contribution in [2.24, 2.45) is 0 Å². The zero-order valence-corrected chi connectivity index (χ0v) is 11.2. The average Bonchev–Trinajstić information content (AvgIpc) is 2.76. The highest BCUT2D eigenvalue weighted by atomic mass is 35.5. The summed E-state index contributed by atoms with van der Waals surface area (Å²) in [4.78, 5) is 4.52. The minimum absolute atomic E-state index is 0.730.